The zero-order valence-corrected chi connectivity index (χ0v) is 21.6. The van der Waals surface area contributed by atoms with Gasteiger partial charge in [0.1, 0.15) is 17.7 Å². The largest absolute Gasteiger partial charge is 0.493 e. The van der Waals surface area contributed by atoms with Gasteiger partial charge < -0.3 is 9.47 Å². The maximum Gasteiger partial charge on any atom is 0.161 e. The Labute approximate surface area is 210 Å². The van der Waals surface area contributed by atoms with Crippen LogP contribution in [0.4, 0.5) is 5.00 Å². The van der Waals surface area contributed by atoms with Gasteiger partial charge in [0.15, 0.2) is 11.5 Å². The van der Waals surface area contributed by atoms with Crippen LogP contribution in [-0.4, -0.2) is 13.3 Å². The summed E-state index contributed by atoms with van der Waals surface area (Å²) in [6, 6.07) is 15.7. The molecule has 2 aromatic carbocycles. The second kappa shape index (κ2) is 10.2. The van der Waals surface area contributed by atoms with Crippen molar-refractivity contribution in [3.63, 3.8) is 0 Å². The second-order valence-corrected chi connectivity index (χ2v) is 11.1. The first-order valence-corrected chi connectivity index (χ1v) is 12.6. The highest BCUT2D eigenvalue weighted by molar-refractivity contribution is 7.16. The highest BCUT2D eigenvalue weighted by Crippen LogP contribution is 2.45. The monoisotopic (exact) mass is 492 g/mol. The number of methoxy groups -OCH3 is 1. The number of ether oxygens (including phenoxy) is 2. The lowest BCUT2D eigenvalue weighted by Gasteiger charge is -2.33. The van der Waals surface area contributed by atoms with E-state index in [9.17, 15) is 5.26 Å². The van der Waals surface area contributed by atoms with Gasteiger partial charge in [-0.15, -0.1) is 11.3 Å². The summed E-state index contributed by atoms with van der Waals surface area (Å²) in [6.45, 7) is 7.26. The molecule has 0 bridgehead atoms. The molecule has 0 amide bonds. The number of nitriles is 1. The van der Waals surface area contributed by atoms with Gasteiger partial charge >= 0.3 is 0 Å². The van der Waals surface area contributed by atoms with Crippen LogP contribution in [0.15, 0.2) is 47.5 Å². The van der Waals surface area contributed by atoms with Gasteiger partial charge in [-0.3, -0.25) is 0 Å². The molecule has 0 spiro atoms. The summed E-state index contributed by atoms with van der Waals surface area (Å²) in [5.41, 5.74) is 3.99. The van der Waals surface area contributed by atoms with E-state index in [1.165, 1.54) is 10.4 Å². The van der Waals surface area contributed by atoms with Gasteiger partial charge in [-0.25, -0.2) is 4.99 Å². The van der Waals surface area contributed by atoms with Gasteiger partial charge in [0.05, 0.1) is 12.7 Å². The van der Waals surface area contributed by atoms with Crippen molar-refractivity contribution in [2.24, 2.45) is 16.3 Å². The molecule has 1 aliphatic rings. The number of benzene rings is 2. The minimum Gasteiger partial charge on any atom is -0.493 e. The van der Waals surface area contributed by atoms with Gasteiger partial charge in [0, 0.05) is 21.7 Å². The lowest BCUT2D eigenvalue weighted by Crippen LogP contribution is -2.26. The van der Waals surface area contributed by atoms with Crippen molar-refractivity contribution in [2.45, 2.75) is 46.6 Å². The first-order valence-electron chi connectivity index (χ1n) is 11.4. The number of aliphatic imine (C=N–C) groups is 1. The van der Waals surface area contributed by atoms with Crippen LogP contribution >= 0.6 is 22.9 Å². The fourth-order valence-corrected chi connectivity index (χ4v) is 5.72. The van der Waals surface area contributed by atoms with Crippen molar-refractivity contribution in [2.75, 3.05) is 7.11 Å². The Balaban J connectivity index is 1.52. The average Bonchev–Trinajstić information content (AvgIpc) is 3.18. The Kier molecular flexibility index (Phi) is 7.30. The average molecular weight is 493 g/mol. The zero-order valence-electron chi connectivity index (χ0n) is 20.0. The molecular formula is C28H29ClN2O2S. The molecule has 0 unspecified atom stereocenters. The Morgan fingerprint density at radius 1 is 1.21 bits per heavy atom. The molecule has 4 rings (SSSR count). The smallest absolute Gasteiger partial charge is 0.161 e. The summed E-state index contributed by atoms with van der Waals surface area (Å²) in [4.78, 5) is 6.02. The van der Waals surface area contributed by atoms with E-state index in [-0.39, 0.29) is 5.41 Å². The molecule has 176 valence electrons. The van der Waals surface area contributed by atoms with Crippen LogP contribution in [-0.2, 0) is 19.4 Å². The standard InChI is InChI=1S/C28H29ClN2O2S/c1-28(2,3)20-10-11-21-22(15-30)27(34-26(21)14-20)31-16-18-9-12-24(25(13-18)32-4)33-17-19-7-5-6-8-23(19)29/h5-9,12-13,16,20H,10-11,14,17H2,1-4H3/t20-/m1/s1. The Morgan fingerprint density at radius 2 is 2.00 bits per heavy atom. The van der Waals surface area contributed by atoms with Gasteiger partial charge in [0.2, 0.25) is 0 Å². The normalized spacial score (nSPS) is 15.7. The van der Waals surface area contributed by atoms with Gasteiger partial charge in [-0.2, -0.15) is 5.26 Å². The summed E-state index contributed by atoms with van der Waals surface area (Å²) in [7, 11) is 1.62. The van der Waals surface area contributed by atoms with Crippen molar-refractivity contribution in [1.29, 1.82) is 5.26 Å². The summed E-state index contributed by atoms with van der Waals surface area (Å²) >= 11 is 7.89. The van der Waals surface area contributed by atoms with Crippen molar-refractivity contribution < 1.29 is 9.47 Å². The number of hydrogen-bond acceptors (Lipinski definition) is 5. The predicted octanol–water partition coefficient (Wildman–Crippen LogP) is 7.76. The molecule has 0 saturated carbocycles. The minimum atomic E-state index is 0.268. The van der Waals surface area contributed by atoms with Crippen molar-refractivity contribution >= 4 is 34.2 Å². The number of halogens is 1. The third kappa shape index (κ3) is 5.29. The van der Waals surface area contributed by atoms with E-state index >= 15 is 0 Å². The second-order valence-electron chi connectivity index (χ2n) is 9.65. The maximum atomic E-state index is 9.81. The third-order valence-corrected chi connectivity index (χ3v) is 7.97. The van der Waals surface area contributed by atoms with E-state index in [1.54, 1.807) is 24.7 Å². The lowest BCUT2D eigenvalue weighted by atomic mass is 9.72. The topological polar surface area (TPSA) is 54.6 Å². The number of thiophene rings is 1. The Bertz CT molecular complexity index is 1250. The summed E-state index contributed by atoms with van der Waals surface area (Å²) in [5.74, 6) is 1.89. The lowest BCUT2D eigenvalue weighted by molar-refractivity contribution is 0.218. The van der Waals surface area contributed by atoms with Crippen LogP contribution in [0.1, 0.15) is 54.3 Å². The van der Waals surface area contributed by atoms with E-state index in [2.05, 4.69) is 26.8 Å². The molecule has 1 heterocycles. The van der Waals surface area contributed by atoms with Gasteiger partial charge in [-0.1, -0.05) is 50.6 Å². The summed E-state index contributed by atoms with van der Waals surface area (Å²) in [5, 5.41) is 11.3. The molecule has 0 aliphatic heterocycles. The highest BCUT2D eigenvalue weighted by Gasteiger charge is 2.32. The molecule has 1 aromatic heterocycles. The minimum absolute atomic E-state index is 0.268. The Morgan fingerprint density at radius 3 is 2.71 bits per heavy atom. The number of hydrogen-bond donors (Lipinski definition) is 0. The summed E-state index contributed by atoms with van der Waals surface area (Å²) < 4.78 is 11.5. The van der Waals surface area contributed by atoms with Crippen LogP contribution < -0.4 is 9.47 Å². The highest BCUT2D eigenvalue weighted by atomic mass is 35.5. The van der Waals surface area contributed by atoms with Crippen LogP contribution in [0.25, 0.3) is 0 Å². The fourth-order valence-electron chi connectivity index (χ4n) is 4.30. The molecule has 1 atom stereocenters. The summed E-state index contributed by atoms with van der Waals surface area (Å²) in [6.07, 6.45) is 4.90. The van der Waals surface area contributed by atoms with Gasteiger partial charge in [0.25, 0.3) is 0 Å². The maximum absolute atomic E-state index is 9.81. The number of rotatable bonds is 6. The van der Waals surface area contributed by atoms with E-state index in [0.29, 0.717) is 29.0 Å². The predicted molar refractivity (Wildman–Crippen MR) is 140 cm³/mol. The quantitative estimate of drug-likeness (QED) is 0.330. The first-order chi connectivity index (χ1) is 16.3. The third-order valence-electron chi connectivity index (χ3n) is 6.44. The van der Waals surface area contributed by atoms with E-state index in [4.69, 9.17) is 26.1 Å². The van der Waals surface area contributed by atoms with E-state index in [0.717, 1.165) is 41.0 Å². The molecule has 1 aliphatic carbocycles. The molecule has 6 heteroatoms. The van der Waals surface area contributed by atoms with Crippen molar-refractivity contribution in [1.82, 2.24) is 0 Å². The molecule has 0 radical (unpaired) electrons. The van der Waals surface area contributed by atoms with E-state index < -0.39 is 0 Å². The van der Waals surface area contributed by atoms with Crippen LogP contribution in [0.5, 0.6) is 11.5 Å². The van der Waals surface area contributed by atoms with Crippen molar-refractivity contribution in [3.05, 3.63) is 74.6 Å². The van der Waals surface area contributed by atoms with Crippen molar-refractivity contribution in [3.8, 4) is 17.6 Å². The SMILES string of the molecule is COc1cc(C=Nc2sc3c(c2C#N)CC[C@@H](C(C)(C)C)C3)ccc1OCc1ccccc1Cl. The fraction of sp³-hybridized carbons (Fsp3) is 0.357. The molecule has 34 heavy (non-hydrogen) atoms. The van der Waals surface area contributed by atoms with Crippen LogP contribution in [0.2, 0.25) is 5.02 Å². The van der Waals surface area contributed by atoms with Crippen LogP contribution in [0.3, 0.4) is 0 Å². The molecule has 0 fully saturated rings. The Hall–Kier alpha value is -2.81. The molecule has 3 aromatic rings. The van der Waals surface area contributed by atoms with Gasteiger partial charge in [-0.05, 0) is 66.0 Å². The molecule has 4 nitrogen and oxygen atoms in total. The molecule has 0 N–H and O–H groups in total. The number of fused-ring (bicyclic) bond motifs is 1. The number of nitrogens with zero attached hydrogens (tertiary/aromatic N) is 2. The first kappa shape index (κ1) is 24.3. The zero-order chi connectivity index (χ0) is 24.3. The van der Waals surface area contributed by atoms with Crippen LogP contribution in [0, 0.1) is 22.7 Å². The van der Waals surface area contributed by atoms with E-state index in [1.807, 2.05) is 42.5 Å². The molecule has 0 saturated heterocycles. The molecular weight excluding hydrogens is 464 g/mol.